The first-order valence-electron chi connectivity index (χ1n) is 8.95. The molecule has 3 aromatic rings. The molecule has 1 aliphatic rings. The molecular weight excluding hydrogens is 332 g/mol. The summed E-state index contributed by atoms with van der Waals surface area (Å²) in [6.07, 6.45) is 9.69. The minimum atomic E-state index is 0.0816. The topological polar surface area (TPSA) is 93.2 Å². The first-order chi connectivity index (χ1) is 12.8. The summed E-state index contributed by atoms with van der Waals surface area (Å²) in [5, 5.41) is 15.4. The molecule has 0 atom stereocenters. The predicted molar refractivity (Wildman–Crippen MR) is 95.6 cm³/mol. The van der Waals surface area contributed by atoms with Gasteiger partial charge in [-0.2, -0.15) is 4.52 Å². The number of hydrogen-bond acceptors (Lipinski definition) is 6. The summed E-state index contributed by atoms with van der Waals surface area (Å²) < 4.78 is 3.69. The Morgan fingerprint density at radius 3 is 2.92 bits per heavy atom. The first-order valence-corrected chi connectivity index (χ1v) is 8.95. The molecule has 4 heterocycles. The smallest absolute Gasteiger partial charge is 0.223 e. The second-order valence-electron chi connectivity index (χ2n) is 6.53. The number of hydrogen-bond donors (Lipinski definition) is 1. The molecule has 0 radical (unpaired) electrons. The van der Waals surface area contributed by atoms with E-state index in [1.54, 1.807) is 23.4 Å². The molecule has 1 N–H and O–H groups in total. The molecule has 9 heteroatoms. The van der Waals surface area contributed by atoms with Crippen LogP contribution in [0.4, 0.5) is 5.82 Å². The molecule has 9 nitrogen and oxygen atoms in total. The van der Waals surface area contributed by atoms with E-state index in [0.717, 1.165) is 50.4 Å². The molecule has 0 saturated carbocycles. The Morgan fingerprint density at radius 1 is 1.23 bits per heavy atom. The minimum Gasteiger partial charge on any atom is -0.356 e. The van der Waals surface area contributed by atoms with E-state index in [0.29, 0.717) is 6.54 Å². The van der Waals surface area contributed by atoms with E-state index in [1.807, 2.05) is 22.9 Å². The number of aryl methyl sites for hydroxylation is 1. The number of rotatable bonds is 6. The Bertz CT molecular complexity index is 851. The maximum Gasteiger partial charge on any atom is 0.223 e. The summed E-state index contributed by atoms with van der Waals surface area (Å²) in [5.41, 5.74) is 0.735. The van der Waals surface area contributed by atoms with Crippen molar-refractivity contribution in [2.24, 2.45) is 5.92 Å². The van der Waals surface area contributed by atoms with Gasteiger partial charge in [-0.25, -0.2) is 4.98 Å². The number of nitrogens with one attached hydrogen (secondary N) is 1. The lowest BCUT2D eigenvalue weighted by atomic mass is 9.96. The molecule has 136 valence electrons. The fourth-order valence-electron chi connectivity index (χ4n) is 3.29. The highest BCUT2D eigenvalue weighted by atomic mass is 16.1. The maximum atomic E-state index is 12.4. The second kappa shape index (κ2) is 7.51. The molecule has 0 spiro atoms. The average molecular weight is 354 g/mol. The van der Waals surface area contributed by atoms with Crippen LogP contribution in [0.5, 0.6) is 0 Å². The van der Waals surface area contributed by atoms with Crippen LogP contribution in [0.15, 0.2) is 37.2 Å². The van der Waals surface area contributed by atoms with Gasteiger partial charge in [0, 0.05) is 44.5 Å². The Labute approximate surface area is 151 Å². The molecule has 4 rings (SSSR count). The van der Waals surface area contributed by atoms with Gasteiger partial charge in [0.05, 0.1) is 6.33 Å². The molecule has 0 unspecified atom stereocenters. The van der Waals surface area contributed by atoms with E-state index in [4.69, 9.17) is 0 Å². The third kappa shape index (κ3) is 3.66. The molecule has 1 saturated heterocycles. The Balaban J connectivity index is 1.23. The third-order valence-electron chi connectivity index (χ3n) is 4.79. The Hall–Kier alpha value is -2.97. The summed E-state index contributed by atoms with van der Waals surface area (Å²) in [6.45, 7) is 3.22. The molecular formula is C17H22N8O. The largest absolute Gasteiger partial charge is 0.356 e. The van der Waals surface area contributed by atoms with Crippen LogP contribution in [0.1, 0.15) is 19.3 Å². The van der Waals surface area contributed by atoms with Crippen molar-refractivity contribution in [1.29, 1.82) is 0 Å². The molecule has 3 aromatic heterocycles. The van der Waals surface area contributed by atoms with Crippen molar-refractivity contribution in [3.05, 3.63) is 37.2 Å². The molecule has 1 aliphatic heterocycles. The number of anilines is 1. The van der Waals surface area contributed by atoms with Crippen molar-refractivity contribution in [3.63, 3.8) is 0 Å². The number of aromatic nitrogens is 6. The lowest BCUT2D eigenvalue weighted by molar-refractivity contribution is -0.125. The van der Waals surface area contributed by atoms with E-state index in [-0.39, 0.29) is 11.8 Å². The van der Waals surface area contributed by atoms with Crippen LogP contribution in [0.3, 0.4) is 0 Å². The second-order valence-corrected chi connectivity index (χ2v) is 6.53. The number of piperidine rings is 1. The van der Waals surface area contributed by atoms with Gasteiger partial charge in [0.15, 0.2) is 5.65 Å². The summed E-state index contributed by atoms with van der Waals surface area (Å²) in [5.74, 6) is 1.15. The quantitative estimate of drug-likeness (QED) is 0.657. The standard InChI is InChI=1S/C17H22N8O/c26-17(19-6-1-8-23-11-7-18-12-23)14-4-9-24(10-5-14)16-3-2-15-21-20-13-25(15)22-16/h2-3,7,11-14H,1,4-6,8-10H2,(H,19,26). The fourth-order valence-corrected chi connectivity index (χ4v) is 3.29. The SMILES string of the molecule is O=C(NCCCn1ccnc1)C1CCN(c2ccc3nncn3n2)CC1. The van der Waals surface area contributed by atoms with Crippen LogP contribution in [0.25, 0.3) is 5.65 Å². The Morgan fingerprint density at radius 2 is 2.12 bits per heavy atom. The van der Waals surface area contributed by atoms with Crippen molar-refractivity contribution in [2.75, 3.05) is 24.5 Å². The molecule has 26 heavy (non-hydrogen) atoms. The predicted octanol–water partition coefficient (Wildman–Crippen LogP) is 0.744. The van der Waals surface area contributed by atoms with Crippen LogP contribution < -0.4 is 10.2 Å². The van der Waals surface area contributed by atoms with Gasteiger partial charge in [-0.05, 0) is 31.4 Å². The zero-order chi connectivity index (χ0) is 17.8. The number of carbonyl (C=O) groups excluding carboxylic acids is 1. The van der Waals surface area contributed by atoms with Crippen LogP contribution in [-0.2, 0) is 11.3 Å². The normalized spacial score (nSPS) is 15.5. The van der Waals surface area contributed by atoms with Crippen molar-refractivity contribution in [1.82, 2.24) is 34.7 Å². The highest BCUT2D eigenvalue weighted by Crippen LogP contribution is 2.22. The van der Waals surface area contributed by atoms with Gasteiger partial charge in [0.1, 0.15) is 12.1 Å². The highest BCUT2D eigenvalue weighted by molar-refractivity contribution is 5.78. The van der Waals surface area contributed by atoms with Crippen molar-refractivity contribution >= 4 is 17.4 Å². The van der Waals surface area contributed by atoms with Crippen molar-refractivity contribution in [2.45, 2.75) is 25.8 Å². The first kappa shape index (κ1) is 16.5. The molecule has 1 amide bonds. The van der Waals surface area contributed by atoms with Gasteiger partial charge in [-0.1, -0.05) is 0 Å². The zero-order valence-electron chi connectivity index (χ0n) is 14.5. The van der Waals surface area contributed by atoms with Gasteiger partial charge in [-0.3, -0.25) is 4.79 Å². The van der Waals surface area contributed by atoms with Crippen molar-refractivity contribution < 1.29 is 4.79 Å². The third-order valence-corrected chi connectivity index (χ3v) is 4.79. The summed E-state index contributed by atoms with van der Waals surface area (Å²) in [7, 11) is 0. The number of nitrogens with zero attached hydrogens (tertiary/aromatic N) is 7. The number of imidazole rings is 1. The number of amides is 1. The van der Waals surface area contributed by atoms with Gasteiger partial charge in [0.25, 0.3) is 0 Å². The zero-order valence-corrected chi connectivity index (χ0v) is 14.5. The monoisotopic (exact) mass is 354 g/mol. The summed E-state index contributed by atoms with van der Waals surface area (Å²) in [6, 6.07) is 3.87. The molecule has 0 aliphatic carbocycles. The van der Waals surface area contributed by atoms with Gasteiger partial charge in [0.2, 0.25) is 5.91 Å². The van der Waals surface area contributed by atoms with E-state index in [2.05, 4.69) is 30.5 Å². The van der Waals surface area contributed by atoms with Crippen LogP contribution in [0, 0.1) is 5.92 Å². The van der Waals surface area contributed by atoms with Gasteiger partial charge in [-0.15, -0.1) is 15.3 Å². The van der Waals surface area contributed by atoms with E-state index >= 15 is 0 Å². The number of fused-ring (bicyclic) bond motifs is 1. The van der Waals surface area contributed by atoms with E-state index < -0.39 is 0 Å². The van der Waals surface area contributed by atoms with Crippen LogP contribution in [0.2, 0.25) is 0 Å². The van der Waals surface area contributed by atoms with E-state index in [9.17, 15) is 4.79 Å². The van der Waals surface area contributed by atoms with Crippen LogP contribution >= 0.6 is 0 Å². The number of carbonyl (C=O) groups is 1. The maximum absolute atomic E-state index is 12.4. The van der Waals surface area contributed by atoms with Gasteiger partial charge < -0.3 is 14.8 Å². The fraction of sp³-hybridized carbons (Fsp3) is 0.471. The molecule has 0 aromatic carbocycles. The average Bonchev–Trinajstić information content (AvgIpc) is 3.36. The van der Waals surface area contributed by atoms with Crippen molar-refractivity contribution in [3.8, 4) is 0 Å². The lowest BCUT2D eigenvalue weighted by Gasteiger charge is -2.32. The van der Waals surface area contributed by atoms with Crippen LogP contribution in [-0.4, -0.2) is 54.9 Å². The van der Waals surface area contributed by atoms with E-state index in [1.165, 1.54) is 0 Å². The lowest BCUT2D eigenvalue weighted by Crippen LogP contribution is -2.41. The highest BCUT2D eigenvalue weighted by Gasteiger charge is 2.25. The molecule has 0 bridgehead atoms. The Kier molecular flexibility index (Phi) is 4.76. The summed E-state index contributed by atoms with van der Waals surface area (Å²) in [4.78, 5) is 18.6. The minimum absolute atomic E-state index is 0.0816. The molecule has 1 fully saturated rings. The summed E-state index contributed by atoms with van der Waals surface area (Å²) >= 11 is 0. The van der Waals surface area contributed by atoms with Gasteiger partial charge >= 0.3 is 0 Å².